The first-order chi connectivity index (χ1) is 9.67. The molecule has 104 valence electrons. The number of hydrogen-bond acceptors (Lipinski definition) is 3. The lowest BCUT2D eigenvalue weighted by Gasteiger charge is -2.36. The van der Waals surface area contributed by atoms with Crippen LogP contribution in [-0.2, 0) is 11.3 Å². The number of benzene rings is 2. The van der Waals surface area contributed by atoms with Gasteiger partial charge in [0.05, 0.1) is 13.0 Å². The van der Waals surface area contributed by atoms with Crippen molar-refractivity contribution in [3.63, 3.8) is 0 Å². The molecule has 2 aromatic carbocycles. The summed E-state index contributed by atoms with van der Waals surface area (Å²) in [6, 6.07) is 12.3. The van der Waals surface area contributed by atoms with Crippen molar-refractivity contribution >= 4 is 16.7 Å². The van der Waals surface area contributed by atoms with E-state index in [0.29, 0.717) is 13.1 Å². The van der Waals surface area contributed by atoms with Crippen LogP contribution in [-0.4, -0.2) is 36.2 Å². The highest BCUT2D eigenvalue weighted by Gasteiger charge is 2.32. The highest BCUT2D eigenvalue weighted by Crippen LogP contribution is 2.29. The largest absolute Gasteiger partial charge is 0.496 e. The lowest BCUT2D eigenvalue weighted by Crippen LogP contribution is -2.49. The van der Waals surface area contributed by atoms with Gasteiger partial charge in [-0.1, -0.05) is 24.3 Å². The molecule has 0 spiro atoms. The van der Waals surface area contributed by atoms with Gasteiger partial charge in [0.15, 0.2) is 0 Å². The Balaban J connectivity index is 1.82. The van der Waals surface area contributed by atoms with E-state index in [4.69, 9.17) is 9.84 Å². The molecule has 0 aliphatic carbocycles. The molecule has 0 aromatic heterocycles. The average Bonchev–Trinajstić information content (AvgIpc) is 2.40. The van der Waals surface area contributed by atoms with E-state index in [2.05, 4.69) is 23.1 Å². The van der Waals surface area contributed by atoms with E-state index in [1.165, 1.54) is 5.39 Å². The van der Waals surface area contributed by atoms with Crippen LogP contribution in [0, 0.1) is 5.92 Å². The molecule has 20 heavy (non-hydrogen) atoms. The zero-order valence-electron chi connectivity index (χ0n) is 11.4. The fourth-order valence-electron chi connectivity index (χ4n) is 2.68. The Bertz CT molecular complexity index is 647. The Hall–Kier alpha value is -2.07. The maximum atomic E-state index is 10.8. The van der Waals surface area contributed by atoms with Gasteiger partial charge in [0.2, 0.25) is 0 Å². The monoisotopic (exact) mass is 271 g/mol. The molecular weight excluding hydrogens is 254 g/mol. The van der Waals surface area contributed by atoms with Crippen LogP contribution in [0.4, 0.5) is 0 Å². The molecule has 0 atom stereocenters. The van der Waals surface area contributed by atoms with Crippen LogP contribution in [0.1, 0.15) is 5.56 Å². The smallest absolute Gasteiger partial charge is 0.309 e. The number of hydrogen-bond donors (Lipinski definition) is 1. The molecule has 0 unspecified atom stereocenters. The van der Waals surface area contributed by atoms with Crippen LogP contribution in [0.3, 0.4) is 0 Å². The van der Waals surface area contributed by atoms with Gasteiger partial charge in [-0.2, -0.15) is 0 Å². The number of carboxylic acid groups (broad SMARTS) is 1. The molecule has 4 nitrogen and oxygen atoms in total. The molecule has 0 saturated carbocycles. The van der Waals surface area contributed by atoms with Gasteiger partial charge < -0.3 is 9.84 Å². The summed E-state index contributed by atoms with van der Waals surface area (Å²) >= 11 is 0. The summed E-state index contributed by atoms with van der Waals surface area (Å²) in [6.45, 7) is 1.97. The molecule has 0 amide bonds. The number of nitrogens with zero attached hydrogens (tertiary/aromatic N) is 1. The maximum absolute atomic E-state index is 10.8. The van der Waals surface area contributed by atoms with Gasteiger partial charge in [-0.3, -0.25) is 9.69 Å². The number of aliphatic carboxylic acids is 1. The minimum Gasteiger partial charge on any atom is -0.496 e. The van der Waals surface area contributed by atoms with Crippen molar-refractivity contribution in [2.75, 3.05) is 20.2 Å². The first kappa shape index (κ1) is 12.9. The SMILES string of the molecule is COc1cc2ccccc2cc1CN1CC(C(=O)O)C1. The molecule has 0 bridgehead atoms. The van der Waals surface area contributed by atoms with E-state index in [-0.39, 0.29) is 5.92 Å². The van der Waals surface area contributed by atoms with Gasteiger partial charge in [-0.15, -0.1) is 0 Å². The van der Waals surface area contributed by atoms with E-state index in [1.54, 1.807) is 7.11 Å². The summed E-state index contributed by atoms with van der Waals surface area (Å²) < 4.78 is 5.45. The van der Waals surface area contributed by atoms with Gasteiger partial charge in [0, 0.05) is 25.2 Å². The van der Waals surface area contributed by atoms with Crippen molar-refractivity contribution in [2.45, 2.75) is 6.54 Å². The minimum atomic E-state index is -0.702. The van der Waals surface area contributed by atoms with Gasteiger partial charge in [0.1, 0.15) is 5.75 Å². The number of fused-ring (bicyclic) bond motifs is 1. The van der Waals surface area contributed by atoms with Crippen molar-refractivity contribution in [2.24, 2.45) is 5.92 Å². The van der Waals surface area contributed by atoms with Crippen LogP contribution in [0.5, 0.6) is 5.75 Å². The van der Waals surface area contributed by atoms with Gasteiger partial charge >= 0.3 is 5.97 Å². The number of rotatable bonds is 4. The molecule has 0 radical (unpaired) electrons. The molecule has 3 rings (SSSR count). The number of methoxy groups -OCH3 is 1. The van der Waals surface area contributed by atoms with Crippen molar-refractivity contribution in [3.8, 4) is 5.75 Å². The van der Waals surface area contributed by atoms with Crippen LogP contribution in [0.2, 0.25) is 0 Å². The van der Waals surface area contributed by atoms with Crippen molar-refractivity contribution < 1.29 is 14.6 Å². The molecule has 4 heteroatoms. The lowest BCUT2D eigenvalue weighted by atomic mass is 9.98. The normalized spacial score (nSPS) is 16.1. The van der Waals surface area contributed by atoms with E-state index < -0.39 is 5.97 Å². The molecule has 1 N–H and O–H groups in total. The van der Waals surface area contributed by atoms with Crippen molar-refractivity contribution in [3.05, 3.63) is 42.0 Å². The van der Waals surface area contributed by atoms with E-state index in [9.17, 15) is 4.79 Å². The molecule has 1 heterocycles. The molecule has 1 aliphatic rings. The number of likely N-dealkylation sites (tertiary alicyclic amines) is 1. The second-order valence-corrected chi connectivity index (χ2v) is 5.24. The lowest BCUT2D eigenvalue weighted by molar-refractivity contribution is -0.147. The van der Waals surface area contributed by atoms with Gasteiger partial charge in [0.25, 0.3) is 0 Å². The fraction of sp³-hybridized carbons (Fsp3) is 0.312. The Kier molecular flexibility index (Phi) is 3.32. The van der Waals surface area contributed by atoms with E-state index in [0.717, 1.165) is 23.2 Å². The molecule has 2 aromatic rings. The van der Waals surface area contributed by atoms with Crippen molar-refractivity contribution in [1.29, 1.82) is 0 Å². The topological polar surface area (TPSA) is 49.8 Å². The average molecular weight is 271 g/mol. The third-order valence-electron chi connectivity index (χ3n) is 3.85. The van der Waals surface area contributed by atoms with Crippen LogP contribution >= 0.6 is 0 Å². The Morgan fingerprint density at radius 3 is 2.55 bits per heavy atom. The summed E-state index contributed by atoms with van der Waals surface area (Å²) in [7, 11) is 1.67. The molecular formula is C16H17NO3. The van der Waals surface area contributed by atoms with Crippen molar-refractivity contribution in [1.82, 2.24) is 4.90 Å². The molecule has 1 aliphatic heterocycles. The second kappa shape index (κ2) is 5.13. The summed E-state index contributed by atoms with van der Waals surface area (Å²) in [5.74, 6) is -0.0596. The maximum Gasteiger partial charge on any atom is 0.309 e. The highest BCUT2D eigenvalue weighted by atomic mass is 16.5. The Morgan fingerprint density at radius 2 is 1.95 bits per heavy atom. The zero-order valence-corrected chi connectivity index (χ0v) is 11.4. The predicted octanol–water partition coefficient (Wildman–Crippen LogP) is 2.36. The van der Waals surface area contributed by atoms with E-state index >= 15 is 0 Å². The first-order valence-corrected chi connectivity index (χ1v) is 6.68. The summed E-state index contributed by atoms with van der Waals surface area (Å²) in [6.07, 6.45) is 0. The van der Waals surface area contributed by atoms with E-state index in [1.807, 2.05) is 18.2 Å². The summed E-state index contributed by atoms with van der Waals surface area (Å²) in [5, 5.41) is 11.2. The number of ether oxygens (including phenoxy) is 1. The van der Waals surface area contributed by atoms with Crippen LogP contribution < -0.4 is 4.74 Å². The quantitative estimate of drug-likeness (QED) is 0.927. The zero-order chi connectivity index (χ0) is 14.1. The second-order valence-electron chi connectivity index (χ2n) is 5.24. The summed E-state index contributed by atoms with van der Waals surface area (Å²) in [4.78, 5) is 13.0. The van der Waals surface area contributed by atoms with Gasteiger partial charge in [-0.25, -0.2) is 0 Å². The number of carbonyl (C=O) groups is 1. The standard InChI is InChI=1S/C16H17NO3/c1-20-15-7-12-5-3-2-4-11(12)6-13(15)8-17-9-14(10-17)16(18)19/h2-7,14H,8-10H2,1H3,(H,18,19). The number of carboxylic acids is 1. The van der Waals surface area contributed by atoms with Crippen LogP contribution in [0.15, 0.2) is 36.4 Å². The highest BCUT2D eigenvalue weighted by molar-refractivity contribution is 5.85. The minimum absolute atomic E-state index is 0.221. The first-order valence-electron chi connectivity index (χ1n) is 6.68. The Labute approximate surface area is 117 Å². The predicted molar refractivity (Wildman–Crippen MR) is 76.9 cm³/mol. The Morgan fingerprint density at radius 1 is 1.30 bits per heavy atom. The molecule has 1 fully saturated rings. The fourth-order valence-corrected chi connectivity index (χ4v) is 2.68. The van der Waals surface area contributed by atoms with Gasteiger partial charge in [-0.05, 0) is 22.9 Å². The van der Waals surface area contributed by atoms with Crippen LogP contribution in [0.25, 0.3) is 10.8 Å². The summed E-state index contributed by atoms with van der Waals surface area (Å²) in [5.41, 5.74) is 1.11. The third-order valence-corrected chi connectivity index (χ3v) is 3.85. The molecule has 1 saturated heterocycles. The third kappa shape index (κ3) is 2.34.